The summed E-state index contributed by atoms with van der Waals surface area (Å²) < 4.78 is 1.43. The summed E-state index contributed by atoms with van der Waals surface area (Å²) in [5.41, 5.74) is -1.70. The molecular weight excluding hydrogens is 208 g/mol. The van der Waals surface area contributed by atoms with Crippen LogP contribution in [-0.4, -0.2) is 36.9 Å². The zero-order valence-electron chi connectivity index (χ0n) is 10.1. The van der Waals surface area contributed by atoms with Gasteiger partial charge in [-0.1, -0.05) is 0 Å². The van der Waals surface area contributed by atoms with Gasteiger partial charge in [-0.2, -0.15) is 5.10 Å². The van der Waals surface area contributed by atoms with Gasteiger partial charge in [0.15, 0.2) is 0 Å². The number of nitrogens with zero attached hydrogens (tertiary/aromatic N) is 3. The van der Waals surface area contributed by atoms with Gasteiger partial charge in [0.1, 0.15) is 19.2 Å². The van der Waals surface area contributed by atoms with Gasteiger partial charge in [-0.15, -0.1) is 0 Å². The molecule has 0 aromatic carbocycles. The van der Waals surface area contributed by atoms with E-state index in [1.807, 2.05) is 0 Å². The molecule has 0 atom stereocenters. The minimum atomic E-state index is -0.995. The molecule has 0 saturated heterocycles. The van der Waals surface area contributed by atoms with E-state index in [4.69, 9.17) is 0 Å². The van der Waals surface area contributed by atoms with Gasteiger partial charge in [0.05, 0.1) is 11.1 Å². The summed E-state index contributed by atoms with van der Waals surface area (Å²) in [7, 11) is 0. The average molecular weight is 226 g/mol. The molecule has 0 fully saturated rings. The third-order valence-corrected chi connectivity index (χ3v) is 2.75. The van der Waals surface area contributed by atoms with Gasteiger partial charge in [0.25, 0.3) is 0 Å². The molecule has 1 aromatic rings. The molecule has 0 saturated carbocycles. The zero-order chi connectivity index (χ0) is 12.4. The van der Waals surface area contributed by atoms with Gasteiger partial charge in [-0.05, 0) is 27.7 Å². The highest BCUT2D eigenvalue weighted by Crippen LogP contribution is 2.20. The Balaban J connectivity index is 2.58. The van der Waals surface area contributed by atoms with Gasteiger partial charge in [-0.3, -0.25) is 4.79 Å². The maximum Gasteiger partial charge on any atom is 0.242 e. The predicted octanol–water partition coefficient (Wildman–Crippen LogP) is -0.0562. The molecule has 0 aliphatic heterocycles. The maximum atomic E-state index is 11.7. The number of hydrogen-bond acceptors (Lipinski definition) is 4. The molecule has 6 heteroatoms. The Bertz CT molecular complexity index is 351. The fourth-order valence-corrected chi connectivity index (χ4v) is 1.00. The number of amides is 1. The quantitative estimate of drug-likeness (QED) is 0.754. The van der Waals surface area contributed by atoms with Crippen LogP contribution in [-0.2, 0) is 11.3 Å². The van der Waals surface area contributed by atoms with Gasteiger partial charge in [-0.25, -0.2) is 9.67 Å². The van der Waals surface area contributed by atoms with Crippen LogP contribution in [0.2, 0.25) is 0 Å². The number of rotatable bonds is 4. The molecule has 1 aromatic heterocycles. The summed E-state index contributed by atoms with van der Waals surface area (Å²) in [4.78, 5) is 15.4. The molecule has 1 heterocycles. The Hall–Kier alpha value is -1.43. The largest absolute Gasteiger partial charge is 0.388 e. The number of hydrogen-bond donors (Lipinski definition) is 2. The van der Waals surface area contributed by atoms with Crippen molar-refractivity contribution in [2.75, 3.05) is 0 Å². The molecular formula is C10H18N4O2. The first-order chi connectivity index (χ1) is 7.22. The van der Waals surface area contributed by atoms with Crippen LogP contribution in [0.1, 0.15) is 27.7 Å². The lowest BCUT2D eigenvalue weighted by Crippen LogP contribution is -2.58. The van der Waals surface area contributed by atoms with E-state index < -0.39 is 11.1 Å². The van der Waals surface area contributed by atoms with Gasteiger partial charge < -0.3 is 10.4 Å². The fraction of sp³-hybridized carbons (Fsp3) is 0.700. The number of carbonyl (C=O) groups is 1. The van der Waals surface area contributed by atoms with Crippen LogP contribution in [0.4, 0.5) is 0 Å². The molecule has 0 spiro atoms. The van der Waals surface area contributed by atoms with Crippen molar-refractivity contribution in [3.05, 3.63) is 12.7 Å². The van der Waals surface area contributed by atoms with Crippen molar-refractivity contribution < 1.29 is 9.90 Å². The van der Waals surface area contributed by atoms with Crippen molar-refractivity contribution in [2.45, 2.75) is 45.4 Å². The number of aliphatic hydroxyl groups is 1. The third kappa shape index (κ3) is 3.03. The number of aromatic nitrogens is 3. The topological polar surface area (TPSA) is 80.0 Å². The van der Waals surface area contributed by atoms with Crippen molar-refractivity contribution in [3.8, 4) is 0 Å². The second kappa shape index (κ2) is 4.21. The van der Waals surface area contributed by atoms with E-state index >= 15 is 0 Å². The molecule has 0 aliphatic rings. The summed E-state index contributed by atoms with van der Waals surface area (Å²) in [6, 6.07) is 0. The van der Waals surface area contributed by atoms with Gasteiger partial charge in [0.2, 0.25) is 5.91 Å². The van der Waals surface area contributed by atoms with E-state index in [-0.39, 0.29) is 12.5 Å². The minimum Gasteiger partial charge on any atom is -0.388 e. The van der Waals surface area contributed by atoms with E-state index in [0.29, 0.717) is 0 Å². The maximum absolute atomic E-state index is 11.7. The number of nitrogens with one attached hydrogen (secondary N) is 1. The Labute approximate surface area is 94.7 Å². The average Bonchev–Trinajstić information content (AvgIpc) is 2.52. The van der Waals surface area contributed by atoms with Crippen LogP contribution in [0.15, 0.2) is 12.7 Å². The van der Waals surface area contributed by atoms with E-state index in [0.717, 1.165) is 0 Å². The van der Waals surface area contributed by atoms with E-state index in [1.165, 1.54) is 17.3 Å². The van der Waals surface area contributed by atoms with Crippen LogP contribution in [0.5, 0.6) is 0 Å². The van der Waals surface area contributed by atoms with Crippen molar-refractivity contribution in [3.63, 3.8) is 0 Å². The number of carbonyl (C=O) groups excluding carboxylic acids is 1. The molecule has 16 heavy (non-hydrogen) atoms. The smallest absolute Gasteiger partial charge is 0.242 e. The van der Waals surface area contributed by atoms with Crippen molar-refractivity contribution >= 4 is 5.91 Å². The van der Waals surface area contributed by atoms with Crippen LogP contribution in [0, 0.1) is 0 Å². The summed E-state index contributed by atoms with van der Waals surface area (Å²) in [6.07, 6.45) is 2.84. The van der Waals surface area contributed by atoms with E-state index in [2.05, 4.69) is 15.4 Å². The first kappa shape index (κ1) is 12.6. The third-order valence-electron chi connectivity index (χ3n) is 2.75. The van der Waals surface area contributed by atoms with Crippen LogP contribution in [0.25, 0.3) is 0 Å². The molecule has 1 amide bonds. The van der Waals surface area contributed by atoms with Gasteiger partial charge in [0, 0.05) is 0 Å². The standard InChI is InChI=1S/C10H18N4O2/c1-9(2,10(3,4)16)13-8(15)5-14-7-11-6-12-14/h6-7,16H,5H2,1-4H3,(H,13,15). The highest BCUT2D eigenvalue weighted by Gasteiger charge is 2.36. The highest BCUT2D eigenvalue weighted by atomic mass is 16.3. The summed E-state index contributed by atoms with van der Waals surface area (Å²) >= 11 is 0. The van der Waals surface area contributed by atoms with Crippen molar-refractivity contribution in [1.82, 2.24) is 20.1 Å². The molecule has 1 rings (SSSR count). The normalized spacial score (nSPS) is 12.6. The summed E-state index contributed by atoms with van der Waals surface area (Å²) in [6.45, 7) is 6.95. The summed E-state index contributed by atoms with van der Waals surface area (Å²) in [5, 5.41) is 16.5. The molecule has 0 unspecified atom stereocenters. The second-order valence-electron chi connectivity index (χ2n) is 4.83. The van der Waals surface area contributed by atoms with Crippen LogP contribution in [0.3, 0.4) is 0 Å². The van der Waals surface area contributed by atoms with Crippen LogP contribution >= 0.6 is 0 Å². The molecule has 0 bridgehead atoms. The highest BCUT2D eigenvalue weighted by molar-refractivity contribution is 5.76. The second-order valence-corrected chi connectivity index (χ2v) is 4.83. The van der Waals surface area contributed by atoms with Crippen LogP contribution < -0.4 is 5.32 Å². The Morgan fingerprint density at radius 1 is 1.44 bits per heavy atom. The van der Waals surface area contributed by atoms with E-state index in [1.54, 1.807) is 27.7 Å². The first-order valence-corrected chi connectivity index (χ1v) is 5.08. The first-order valence-electron chi connectivity index (χ1n) is 5.08. The molecule has 2 N–H and O–H groups in total. The lowest BCUT2D eigenvalue weighted by Gasteiger charge is -2.37. The molecule has 90 valence electrons. The Morgan fingerprint density at radius 2 is 2.06 bits per heavy atom. The molecule has 0 aliphatic carbocycles. The zero-order valence-corrected chi connectivity index (χ0v) is 10.1. The van der Waals surface area contributed by atoms with Crippen molar-refractivity contribution in [2.24, 2.45) is 0 Å². The fourth-order valence-electron chi connectivity index (χ4n) is 1.00. The Kier molecular flexibility index (Phi) is 3.32. The predicted molar refractivity (Wildman–Crippen MR) is 58.5 cm³/mol. The SMILES string of the molecule is CC(C)(O)C(C)(C)NC(=O)Cn1cncn1. The monoisotopic (exact) mass is 226 g/mol. The lowest BCUT2D eigenvalue weighted by molar-refractivity contribution is -0.126. The minimum absolute atomic E-state index is 0.0967. The molecule has 0 radical (unpaired) electrons. The van der Waals surface area contributed by atoms with E-state index in [9.17, 15) is 9.90 Å². The van der Waals surface area contributed by atoms with Crippen molar-refractivity contribution in [1.29, 1.82) is 0 Å². The molecule has 6 nitrogen and oxygen atoms in total. The Morgan fingerprint density at radius 3 is 2.50 bits per heavy atom. The lowest BCUT2D eigenvalue weighted by atomic mass is 9.86. The van der Waals surface area contributed by atoms with Gasteiger partial charge >= 0.3 is 0 Å². The summed E-state index contributed by atoms with van der Waals surface area (Å²) in [5.74, 6) is -0.211.